The van der Waals surface area contributed by atoms with E-state index in [4.69, 9.17) is 14.5 Å². The lowest BCUT2D eigenvalue weighted by molar-refractivity contribution is 0.0123. The quantitative estimate of drug-likeness (QED) is 0.672. The zero-order valence-electron chi connectivity index (χ0n) is 18.5. The van der Waals surface area contributed by atoms with E-state index in [1.165, 1.54) is 0 Å². The van der Waals surface area contributed by atoms with E-state index in [1.807, 2.05) is 31.9 Å². The summed E-state index contributed by atoms with van der Waals surface area (Å²) in [5, 5.41) is 0. The van der Waals surface area contributed by atoms with Crippen molar-refractivity contribution in [2.24, 2.45) is 5.92 Å². The summed E-state index contributed by atoms with van der Waals surface area (Å²) < 4.78 is 14.1. The van der Waals surface area contributed by atoms with E-state index in [0.29, 0.717) is 19.0 Å². The molecule has 2 fully saturated rings. The Bertz CT molecular complexity index is 755. The lowest BCUT2D eigenvalue weighted by atomic mass is 9.90. The van der Waals surface area contributed by atoms with E-state index < -0.39 is 5.60 Å². The fourth-order valence-corrected chi connectivity index (χ4v) is 4.83. The number of carbonyl (C=O) groups is 1. The molecule has 0 saturated carbocycles. The molecule has 1 unspecified atom stereocenters. The Morgan fingerprint density at radius 2 is 1.87 bits per heavy atom. The maximum atomic E-state index is 12.3. The number of amides is 1. The van der Waals surface area contributed by atoms with Gasteiger partial charge < -0.3 is 19.3 Å². The molecule has 30 heavy (non-hydrogen) atoms. The minimum atomic E-state index is -0.456. The van der Waals surface area contributed by atoms with Gasteiger partial charge in [0, 0.05) is 45.7 Å². The van der Waals surface area contributed by atoms with E-state index >= 15 is 0 Å². The number of piperazine rings is 1. The fourth-order valence-electron chi connectivity index (χ4n) is 4.30. The van der Waals surface area contributed by atoms with Crippen molar-refractivity contribution in [1.82, 2.24) is 19.2 Å². The van der Waals surface area contributed by atoms with E-state index in [9.17, 15) is 4.79 Å². The monoisotopic (exact) mass is 435 g/mol. The first-order chi connectivity index (χ1) is 14.3. The molecule has 0 bridgehead atoms. The van der Waals surface area contributed by atoms with Gasteiger partial charge in [-0.05, 0) is 45.8 Å². The molecule has 9 heteroatoms. The van der Waals surface area contributed by atoms with E-state index in [1.54, 1.807) is 11.9 Å². The Hall–Kier alpha value is -1.74. The summed E-state index contributed by atoms with van der Waals surface area (Å²) in [6, 6.07) is 0. The molecule has 1 aromatic rings. The van der Waals surface area contributed by atoms with E-state index in [-0.39, 0.29) is 12.2 Å². The molecular formula is C21H33N5O3S. The number of ether oxygens (including phenoxy) is 2. The highest BCUT2D eigenvalue weighted by Gasteiger charge is 2.36. The van der Waals surface area contributed by atoms with Gasteiger partial charge in [-0.3, -0.25) is 0 Å². The second kappa shape index (κ2) is 8.78. The van der Waals surface area contributed by atoms with Crippen LogP contribution in [-0.4, -0.2) is 82.5 Å². The molecule has 1 amide bonds. The molecule has 4 heterocycles. The summed E-state index contributed by atoms with van der Waals surface area (Å²) in [6.45, 7) is 11.1. The molecule has 0 N–H and O–H groups in total. The zero-order chi connectivity index (χ0) is 21.3. The van der Waals surface area contributed by atoms with Crippen molar-refractivity contribution in [3.63, 3.8) is 0 Å². The molecule has 0 aliphatic carbocycles. The number of fused-ring (bicyclic) bond motifs is 1. The van der Waals surface area contributed by atoms with Crippen molar-refractivity contribution in [3.8, 4) is 5.75 Å². The van der Waals surface area contributed by atoms with Crippen molar-refractivity contribution in [1.29, 1.82) is 0 Å². The van der Waals surface area contributed by atoms with Crippen LogP contribution in [0.2, 0.25) is 0 Å². The Morgan fingerprint density at radius 3 is 2.50 bits per heavy atom. The first-order valence-electron chi connectivity index (χ1n) is 10.9. The lowest BCUT2D eigenvalue weighted by Crippen LogP contribution is -2.44. The van der Waals surface area contributed by atoms with Crippen LogP contribution < -0.4 is 9.64 Å². The van der Waals surface area contributed by atoms with Gasteiger partial charge in [-0.15, -0.1) is 0 Å². The van der Waals surface area contributed by atoms with Gasteiger partial charge in [0.15, 0.2) is 5.75 Å². The number of anilines is 1. The van der Waals surface area contributed by atoms with Gasteiger partial charge in [-0.2, -0.15) is 0 Å². The van der Waals surface area contributed by atoms with Gasteiger partial charge in [0.2, 0.25) is 5.95 Å². The largest absolute Gasteiger partial charge is 0.486 e. The third-order valence-corrected chi connectivity index (χ3v) is 6.87. The van der Waals surface area contributed by atoms with Crippen molar-refractivity contribution in [2.45, 2.75) is 51.7 Å². The van der Waals surface area contributed by atoms with Crippen LogP contribution in [-0.2, 0) is 11.2 Å². The predicted octanol–water partition coefficient (Wildman–Crippen LogP) is 2.83. The van der Waals surface area contributed by atoms with Crippen LogP contribution in [0.25, 0.3) is 0 Å². The molecule has 1 aromatic heterocycles. The highest BCUT2D eigenvalue weighted by Crippen LogP contribution is 2.35. The summed E-state index contributed by atoms with van der Waals surface area (Å²) in [7, 11) is 0. The SMILES string of the molecule is CSN1CCN(c2ncc3c(n2)CC(C2CCN(C(=O)OC(C)(C)C)CC2)O3)CC1. The van der Waals surface area contributed by atoms with Crippen LogP contribution in [0.4, 0.5) is 10.7 Å². The minimum absolute atomic E-state index is 0.124. The van der Waals surface area contributed by atoms with Gasteiger partial charge in [-0.25, -0.2) is 19.1 Å². The summed E-state index contributed by atoms with van der Waals surface area (Å²) in [6.07, 6.45) is 6.55. The number of nitrogens with zero attached hydrogens (tertiary/aromatic N) is 5. The van der Waals surface area contributed by atoms with Crippen LogP contribution in [0.5, 0.6) is 5.75 Å². The Morgan fingerprint density at radius 1 is 1.17 bits per heavy atom. The predicted molar refractivity (Wildman–Crippen MR) is 118 cm³/mol. The maximum absolute atomic E-state index is 12.3. The minimum Gasteiger partial charge on any atom is -0.486 e. The van der Waals surface area contributed by atoms with Gasteiger partial charge in [0.25, 0.3) is 0 Å². The Labute approximate surface area is 183 Å². The summed E-state index contributed by atoms with van der Waals surface area (Å²) in [5.41, 5.74) is 0.564. The number of piperidine rings is 1. The van der Waals surface area contributed by atoms with Gasteiger partial charge in [0.1, 0.15) is 11.7 Å². The molecule has 2 saturated heterocycles. The molecule has 3 aliphatic heterocycles. The van der Waals surface area contributed by atoms with Crippen LogP contribution >= 0.6 is 11.9 Å². The van der Waals surface area contributed by atoms with Crippen molar-refractivity contribution in [3.05, 3.63) is 11.9 Å². The van der Waals surface area contributed by atoms with E-state index in [2.05, 4.69) is 20.4 Å². The molecule has 8 nitrogen and oxygen atoms in total. The number of likely N-dealkylation sites (tertiary alicyclic amines) is 1. The first kappa shape index (κ1) is 21.5. The summed E-state index contributed by atoms with van der Waals surface area (Å²) in [4.78, 5) is 25.8. The van der Waals surface area contributed by atoms with Crippen molar-refractivity contribution in [2.75, 3.05) is 50.4 Å². The molecule has 4 rings (SSSR count). The number of hydrogen-bond donors (Lipinski definition) is 0. The summed E-state index contributed by atoms with van der Waals surface area (Å²) in [5.74, 6) is 2.06. The normalized spacial score (nSPS) is 23.3. The molecular weight excluding hydrogens is 402 g/mol. The number of aromatic nitrogens is 2. The fraction of sp³-hybridized carbons (Fsp3) is 0.762. The zero-order valence-corrected chi connectivity index (χ0v) is 19.3. The smallest absolute Gasteiger partial charge is 0.410 e. The molecule has 0 radical (unpaired) electrons. The summed E-state index contributed by atoms with van der Waals surface area (Å²) >= 11 is 1.80. The highest BCUT2D eigenvalue weighted by molar-refractivity contribution is 7.96. The molecule has 3 aliphatic rings. The van der Waals surface area contributed by atoms with E-state index in [0.717, 1.165) is 62.8 Å². The Kier molecular flexibility index (Phi) is 6.29. The van der Waals surface area contributed by atoms with Crippen molar-refractivity contribution < 1.29 is 14.3 Å². The van der Waals surface area contributed by atoms with Crippen LogP contribution in [0, 0.1) is 5.92 Å². The second-order valence-electron chi connectivity index (χ2n) is 9.24. The third kappa shape index (κ3) is 4.94. The second-order valence-corrected chi connectivity index (χ2v) is 10.1. The van der Waals surface area contributed by atoms with Crippen LogP contribution in [0.15, 0.2) is 6.20 Å². The topological polar surface area (TPSA) is 71.0 Å². The standard InChI is InChI=1S/C21H33N5O3S/c1-21(2,3)29-20(27)25-7-5-15(6-8-25)17-13-16-18(28-17)14-22-19(23-16)24-9-11-26(30-4)12-10-24/h14-15,17H,5-13H2,1-4H3. The molecule has 1 atom stereocenters. The number of rotatable bonds is 3. The van der Waals surface area contributed by atoms with Gasteiger partial charge in [-0.1, -0.05) is 11.9 Å². The van der Waals surface area contributed by atoms with Crippen molar-refractivity contribution >= 4 is 24.0 Å². The number of hydrogen-bond acceptors (Lipinski definition) is 8. The molecule has 0 spiro atoms. The maximum Gasteiger partial charge on any atom is 0.410 e. The third-order valence-electron chi connectivity index (χ3n) is 5.99. The van der Waals surface area contributed by atoms with Crippen LogP contribution in [0.1, 0.15) is 39.3 Å². The van der Waals surface area contributed by atoms with Gasteiger partial charge >= 0.3 is 6.09 Å². The van der Waals surface area contributed by atoms with Gasteiger partial charge in [0.05, 0.1) is 11.9 Å². The first-order valence-corrected chi connectivity index (χ1v) is 12.0. The highest BCUT2D eigenvalue weighted by atomic mass is 32.2. The number of carbonyl (C=O) groups excluding carboxylic acids is 1. The average Bonchev–Trinajstić information content (AvgIpc) is 3.16. The molecule has 166 valence electrons. The average molecular weight is 436 g/mol. The molecule has 0 aromatic carbocycles. The van der Waals surface area contributed by atoms with Crippen LogP contribution in [0.3, 0.4) is 0 Å². The lowest BCUT2D eigenvalue weighted by Gasteiger charge is -2.35. The Balaban J connectivity index is 1.31.